The first-order valence-corrected chi connectivity index (χ1v) is 5.49. The molecule has 0 bridgehead atoms. The number of nitrogens with two attached hydrogens (primary N) is 1. The van der Waals surface area contributed by atoms with Crippen LogP contribution in [0, 0.1) is 11.6 Å². The second-order valence-corrected chi connectivity index (χ2v) is 4.00. The van der Waals surface area contributed by atoms with Gasteiger partial charge in [-0.15, -0.1) is 0 Å². The molecule has 0 radical (unpaired) electrons. The van der Waals surface area contributed by atoms with E-state index in [1.165, 1.54) is 16.9 Å². The van der Waals surface area contributed by atoms with E-state index in [9.17, 15) is 13.6 Å². The summed E-state index contributed by atoms with van der Waals surface area (Å²) in [5.74, 6) is -1.79. The number of benzene rings is 1. The maximum Gasteiger partial charge on any atom is 0.230 e. The number of nitrogens with zero attached hydrogens (tertiary/aromatic N) is 2. The van der Waals surface area contributed by atoms with Gasteiger partial charge in [0.25, 0.3) is 0 Å². The third-order valence-electron chi connectivity index (χ3n) is 2.62. The summed E-state index contributed by atoms with van der Waals surface area (Å²) in [4.78, 5) is 11.7. The van der Waals surface area contributed by atoms with Gasteiger partial charge in [0.15, 0.2) is 5.82 Å². The van der Waals surface area contributed by atoms with E-state index in [2.05, 4.69) is 10.4 Å². The molecular weight excluding hydrogens is 254 g/mol. The Morgan fingerprint density at radius 2 is 2.05 bits per heavy atom. The molecular formula is C12H12F2N4O. The van der Waals surface area contributed by atoms with Crippen LogP contribution >= 0.6 is 0 Å². The molecule has 1 heterocycles. The van der Waals surface area contributed by atoms with Gasteiger partial charge in [0, 0.05) is 12.6 Å². The topological polar surface area (TPSA) is 72.9 Å². The van der Waals surface area contributed by atoms with Crippen molar-refractivity contribution in [3.05, 3.63) is 41.6 Å². The van der Waals surface area contributed by atoms with Crippen LogP contribution in [0.3, 0.4) is 0 Å². The number of carbonyl (C=O) groups is 1. The van der Waals surface area contributed by atoms with Gasteiger partial charge in [0.2, 0.25) is 5.91 Å². The largest absolute Gasteiger partial charge is 0.394 e. The molecule has 0 atom stereocenters. The van der Waals surface area contributed by atoms with E-state index in [0.717, 1.165) is 12.1 Å². The molecule has 0 aliphatic heterocycles. The molecule has 0 saturated carbocycles. The molecule has 100 valence electrons. The van der Waals surface area contributed by atoms with Crippen LogP contribution in [0.25, 0.3) is 0 Å². The van der Waals surface area contributed by atoms with Crippen LogP contribution in [0.5, 0.6) is 0 Å². The van der Waals surface area contributed by atoms with Crippen LogP contribution in [-0.4, -0.2) is 15.7 Å². The fraction of sp³-hybridized carbons (Fsp3) is 0.167. The van der Waals surface area contributed by atoms with Crippen LogP contribution < -0.4 is 11.1 Å². The summed E-state index contributed by atoms with van der Waals surface area (Å²) < 4.78 is 28.1. The average Bonchev–Trinajstić information content (AvgIpc) is 2.66. The highest BCUT2D eigenvalue weighted by atomic mass is 19.1. The number of carbonyl (C=O) groups excluding carboxylic acids is 1. The Morgan fingerprint density at radius 1 is 1.42 bits per heavy atom. The van der Waals surface area contributed by atoms with Crippen molar-refractivity contribution in [3.8, 4) is 0 Å². The van der Waals surface area contributed by atoms with Crippen LogP contribution in [0.1, 0.15) is 5.56 Å². The maximum absolute atomic E-state index is 13.4. The van der Waals surface area contributed by atoms with Gasteiger partial charge in [-0.1, -0.05) is 6.07 Å². The van der Waals surface area contributed by atoms with Gasteiger partial charge in [-0.25, -0.2) is 8.78 Å². The number of amides is 1. The lowest BCUT2D eigenvalue weighted by Gasteiger charge is -2.07. The van der Waals surface area contributed by atoms with E-state index in [0.29, 0.717) is 5.82 Å². The Balaban J connectivity index is 2.14. The standard InChI is InChI=1S/C12H12F2N4O/c1-18-12(10(15)6-16-18)17-11(19)5-7-8(13)3-2-4-9(7)14/h2-4,6H,5,15H2,1H3,(H,17,19). The maximum atomic E-state index is 13.4. The zero-order valence-corrected chi connectivity index (χ0v) is 10.2. The molecule has 2 aromatic rings. The lowest BCUT2D eigenvalue weighted by Crippen LogP contribution is -2.19. The van der Waals surface area contributed by atoms with Crippen molar-refractivity contribution in [2.24, 2.45) is 7.05 Å². The highest BCUT2D eigenvalue weighted by Gasteiger charge is 2.15. The van der Waals surface area contributed by atoms with E-state index >= 15 is 0 Å². The van der Waals surface area contributed by atoms with Crippen molar-refractivity contribution < 1.29 is 13.6 Å². The van der Waals surface area contributed by atoms with Crippen molar-refractivity contribution >= 4 is 17.4 Å². The molecule has 1 aromatic carbocycles. The minimum Gasteiger partial charge on any atom is -0.394 e. The number of aromatic nitrogens is 2. The summed E-state index contributed by atoms with van der Waals surface area (Å²) in [6.07, 6.45) is 0.961. The monoisotopic (exact) mass is 266 g/mol. The van der Waals surface area contributed by atoms with Gasteiger partial charge in [-0.2, -0.15) is 5.10 Å². The molecule has 0 fully saturated rings. The van der Waals surface area contributed by atoms with Crippen molar-refractivity contribution in [1.82, 2.24) is 9.78 Å². The zero-order valence-electron chi connectivity index (χ0n) is 10.2. The van der Waals surface area contributed by atoms with Gasteiger partial charge in [-0.3, -0.25) is 9.48 Å². The number of nitrogens with one attached hydrogen (secondary N) is 1. The molecule has 0 saturated heterocycles. The van der Waals surface area contributed by atoms with Crippen molar-refractivity contribution in [1.29, 1.82) is 0 Å². The number of anilines is 2. The molecule has 5 nitrogen and oxygen atoms in total. The quantitative estimate of drug-likeness (QED) is 0.883. The normalized spacial score (nSPS) is 10.5. The Hall–Kier alpha value is -2.44. The predicted octanol–water partition coefficient (Wildman–Crippen LogP) is 1.46. The molecule has 1 aromatic heterocycles. The van der Waals surface area contributed by atoms with Crippen molar-refractivity contribution in [2.75, 3.05) is 11.1 Å². The van der Waals surface area contributed by atoms with Crippen LogP contribution in [0.2, 0.25) is 0 Å². The van der Waals surface area contributed by atoms with Gasteiger partial charge >= 0.3 is 0 Å². The number of hydrogen-bond donors (Lipinski definition) is 2. The molecule has 0 aliphatic carbocycles. The summed E-state index contributed by atoms with van der Waals surface area (Å²) in [5.41, 5.74) is 5.60. The summed E-state index contributed by atoms with van der Waals surface area (Å²) in [7, 11) is 1.59. The Kier molecular flexibility index (Phi) is 3.46. The van der Waals surface area contributed by atoms with Crippen molar-refractivity contribution in [2.45, 2.75) is 6.42 Å². The van der Waals surface area contributed by atoms with Crippen LogP contribution in [0.4, 0.5) is 20.3 Å². The summed E-state index contributed by atoms with van der Waals surface area (Å²) in [5, 5.41) is 6.30. The van der Waals surface area contributed by atoms with E-state index in [1.54, 1.807) is 7.05 Å². The molecule has 3 N–H and O–H groups in total. The molecule has 0 unspecified atom stereocenters. The van der Waals surface area contributed by atoms with E-state index in [1.807, 2.05) is 0 Å². The minimum atomic E-state index is -0.756. The molecule has 19 heavy (non-hydrogen) atoms. The predicted molar refractivity (Wildman–Crippen MR) is 66.3 cm³/mol. The van der Waals surface area contributed by atoms with Gasteiger partial charge < -0.3 is 11.1 Å². The Labute approximate surface area is 108 Å². The first-order chi connectivity index (χ1) is 8.99. The Morgan fingerprint density at radius 3 is 2.58 bits per heavy atom. The van der Waals surface area contributed by atoms with E-state index < -0.39 is 24.0 Å². The van der Waals surface area contributed by atoms with Crippen molar-refractivity contribution in [3.63, 3.8) is 0 Å². The first-order valence-electron chi connectivity index (χ1n) is 5.49. The fourth-order valence-electron chi connectivity index (χ4n) is 1.65. The number of rotatable bonds is 3. The second kappa shape index (κ2) is 5.05. The number of nitrogen functional groups attached to an aromatic ring is 1. The smallest absolute Gasteiger partial charge is 0.230 e. The fourth-order valence-corrected chi connectivity index (χ4v) is 1.65. The van der Waals surface area contributed by atoms with E-state index in [4.69, 9.17) is 5.73 Å². The van der Waals surface area contributed by atoms with Crippen LogP contribution in [0.15, 0.2) is 24.4 Å². The second-order valence-electron chi connectivity index (χ2n) is 4.00. The van der Waals surface area contributed by atoms with Gasteiger partial charge in [-0.05, 0) is 12.1 Å². The van der Waals surface area contributed by atoms with Gasteiger partial charge in [0.1, 0.15) is 11.6 Å². The number of aryl methyl sites for hydroxylation is 1. The van der Waals surface area contributed by atoms with E-state index in [-0.39, 0.29) is 11.3 Å². The third-order valence-corrected chi connectivity index (χ3v) is 2.62. The van der Waals surface area contributed by atoms with Crippen LogP contribution in [-0.2, 0) is 18.3 Å². The Bertz CT molecular complexity index is 584. The molecule has 0 aliphatic rings. The molecule has 0 spiro atoms. The summed E-state index contributed by atoms with van der Waals surface area (Å²) >= 11 is 0. The summed E-state index contributed by atoms with van der Waals surface area (Å²) in [6, 6.07) is 3.44. The average molecular weight is 266 g/mol. The molecule has 7 heteroatoms. The number of hydrogen-bond acceptors (Lipinski definition) is 3. The minimum absolute atomic E-state index is 0.277. The molecule has 1 amide bonds. The lowest BCUT2D eigenvalue weighted by molar-refractivity contribution is -0.115. The molecule has 2 rings (SSSR count). The SMILES string of the molecule is Cn1ncc(N)c1NC(=O)Cc1c(F)cccc1F. The lowest BCUT2D eigenvalue weighted by atomic mass is 10.1. The number of halogens is 2. The summed E-state index contributed by atoms with van der Waals surface area (Å²) in [6.45, 7) is 0. The highest BCUT2D eigenvalue weighted by molar-refractivity contribution is 5.93. The highest BCUT2D eigenvalue weighted by Crippen LogP contribution is 2.17. The first kappa shape index (κ1) is 13.0. The van der Waals surface area contributed by atoms with Gasteiger partial charge in [0.05, 0.1) is 18.3 Å². The third kappa shape index (κ3) is 2.70. The zero-order chi connectivity index (χ0) is 14.0.